The number of benzene rings is 2. The molecule has 0 aliphatic carbocycles. The number of hydrogen-bond acceptors (Lipinski definition) is 2. The van der Waals surface area contributed by atoms with Crippen molar-refractivity contribution in [3.8, 4) is 0 Å². The molecule has 0 spiro atoms. The third-order valence-corrected chi connectivity index (χ3v) is 4.51. The molecule has 2 nitrogen and oxygen atoms in total. The van der Waals surface area contributed by atoms with Crippen molar-refractivity contribution >= 4 is 0 Å². The lowest BCUT2D eigenvalue weighted by Gasteiger charge is -2.41. The Bertz CT molecular complexity index is 499. The molecule has 0 radical (unpaired) electrons. The van der Waals surface area contributed by atoms with Crippen LogP contribution in [-0.2, 0) is 0 Å². The Balaban J connectivity index is 2.00. The van der Waals surface area contributed by atoms with E-state index in [1.165, 1.54) is 30.4 Å². The lowest BCUT2D eigenvalue weighted by Crippen LogP contribution is -2.46. The molecule has 1 aliphatic rings. The third kappa shape index (κ3) is 3.17. The van der Waals surface area contributed by atoms with E-state index in [0.29, 0.717) is 12.1 Å². The second kappa shape index (κ2) is 6.88. The van der Waals surface area contributed by atoms with E-state index in [-0.39, 0.29) is 0 Å². The molecule has 2 aromatic rings. The van der Waals surface area contributed by atoms with E-state index in [1.54, 1.807) is 0 Å². The molecule has 0 saturated carbocycles. The summed E-state index contributed by atoms with van der Waals surface area (Å²) in [6.45, 7) is 1.88. The van der Waals surface area contributed by atoms with E-state index < -0.39 is 0 Å². The van der Waals surface area contributed by atoms with Crippen LogP contribution >= 0.6 is 0 Å². The first-order valence-electron chi connectivity index (χ1n) is 7.96. The van der Waals surface area contributed by atoms with Crippen LogP contribution in [0.2, 0.25) is 0 Å². The van der Waals surface area contributed by atoms with E-state index >= 15 is 0 Å². The van der Waals surface area contributed by atoms with Crippen molar-refractivity contribution in [1.82, 2.24) is 4.90 Å². The van der Waals surface area contributed by atoms with Crippen molar-refractivity contribution in [3.63, 3.8) is 0 Å². The summed E-state index contributed by atoms with van der Waals surface area (Å²) in [5.41, 5.74) is 8.78. The molecule has 2 aromatic carbocycles. The molecule has 1 saturated heterocycles. The number of nitrogens with two attached hydrogens (primary N) is 1. The van der Waals surface area contributed by atoms with E-state index in [4.69, 9.17) is 5.73 Å². The molecule has 3 rings (SSSR count). The highest BCUT2D eigenvalue weighted by Gasteiger charge is 2.29. The number of nitrogens with zero attached hydrogens (tertiary/aromatic N) is 1. The minimum absolute atomic E-state index is 0.321. The molecule has 21 heavy (non-hydrogen) atoms. The molecule has 1 unspecified atom stereocenters. The quantitative estimate of drug-likeness (QED) is 0.927. The van der Waals surface area contributed by atoms with Crippen LogP contribution in [0.15, 0.2) is 60.7 Å². The Morgan fingerprint density at radius 2 is 1.48 bits per heavy atom. The second-order valence-corrected chi connectivity index (χ2v) is 5.85. The minimum Gasteiger partial charge on any atom is -0.329 e. The van der Waals surface area contributed by atoms with Crippen LogP contribution in [0, 0.1) is 0 Å². The van der Waals surface area contributed by atoms with E-state index in [9.17, 15) is 0 Å². The average Bonchev–Trinajstić information content (AvgIpc) is 2.58. The van der Waals surface area contributed by atoms with Gasteiger partial charge in [0, 0.05) is 12.6 Å². The zero-order valence-electron chi connectivity index (χ0n) is 12.5. The van der Waals surface area contributed by atoms with Gasteiger partial charge in [0.2, 0.25) is 0 Å². The standard InChI is InChI=1S/C19H24N2/c20-15-18-13-7-8-14-21(18)19(16-9-3-1-4-10-16)17-11-5-2-6-12-17/h1-6,9-12,18-19H,7-8,13-15,20H2. The Labute approximate surface area is 127 Å². The molecular formula is C19H24N2. The van der Waals surface area contributed by atoms with Gasteiger partial charge in [-0.1, -0.05) is 67.1 Å². The maximum atomic E-state index is 6.05. The van der Waals surface area contributed by atoms with Gasteiger partial charge >= 0.3 is 0 Å². The fourth-order valence-electron chi connectivity index (χ4n) is 3.46. The maximum Gasteiger partial charge on any atom is 0.0604 e. The molecule has 0 amide bonds. The summed E-state index contributed by atoms with van der Waals surface area (Å²) in [4.78, 5) is 2.61. The monoisotopic (exact) mass is 280 g/mol. The van der Waals surface area contributed by atoms with Gasteiger partial charge in [-0.15, -0.1) is 0 Å². The molecule has 2 N–H and O–H groups in total. The molecule has 110 valence electrons. The predicted molar refractivity (Wildman–Crippen MR) is 88.1 cm³/mol. The van der Waals surface area contributed by atoms with Crippen LogP contribution in [0.4, 0.5) is 0 Å². The fourth-order valence-corrected chi connectivity index (χ4v) is 3.46. The third-order valence-electron chi connectivity index (χ3n) is 4.51. The topological polar surface area (TPSA) is 29.3 Å². The Hall–Kier alpha value is -1.64. The summed E-state index contributed by atoms with van der Waals surface area (Å²) in [5, 5.41) is 0. The largest absolute Gasteiger partial charge is 0.329 e. The van der Waals surface area contributed by atoms with Crippen LogP contribution in [0.3, 0.4) is 0 Å². The van der Waals surface area contributed by atoms with E-state index in [1.807, 2.05) is 0 Å². The van der Waals surface area contributed by atoms with E-state index in [0.717, 1.165) is 13.1 Å². The van der Waals surface area contributed by atoms with Gasteiger partial charge < -0.3 is 5.73 Å². The summed E-state index contributed by atoms with van der Waals surface area (Å²) < 4.78 is 0. The van der Waals surface area contributed by atoms with E-state index in [2.05, 4.69) is 65.6 Å². The van der Waals surface area contributed by atoms with Crippen molar-refractivity contribution in [2.24, 2.45) is 5.73 Å². The second-order valence-electron chi connectivity index (χ2n) is 5.85. The molecule has 1 fully saturated rings. The van der Waals surface area contributed by atoms with Gasteiger partial charge in [-0.25, -0.2) is 0 Å². The van der Waals surface area contributed by atoms with Crippen LogP contribution in [0.25, 0.3) is 0 Å². The van der Waals surface area contributed by atoms with Gasteiger partial charge in [-0.05, 0) is 30.5 Å². The number of hydrogen-bond donors (Lipinski definition) is 1. The first-order chi connectivity index (χ1) is 10.4. The van der Waals surface area contributed by atoms with Crippen LogP contribution < -0.4 is 5.73 Å². The number of likely N-dealkylation sites (tertiary alicyclic amines) is 1. The summed E-state index contributed by atoms with van der Waals surface area (Å²) in [7, 11) is 0. The molecule has 1 atom stereocenters. The van der Waals surface area contributed by atoms with Crippen molar-refractivity contribution in [2.75, 3.05) is 13.1 Å². The van der Waals surface area contributed by atoms with Crippen LogP contribution in [-0.4, -0.2) is 24.0 Å². The van der Waals surface area contributed by atoms with Gasteiger partial charge in [-0.2, -0.15) is 0 Å². The van der Waals surface area contributed by atoms with Gasteiger partial charge in [0.05, 0.1) is 6.04 Å². The minimum atomic E-state index is 0.321. The summed E-state index contributed by atoms with van der Waals surface area (Å²) in [5.74, 6) is 0. The SMILES string of the molecule is NCC1CCCCN1C(c1ccccc1)c1ccccc1. The molecule has 0 bridgehead atoms. The maximum absolute atomic E-state index is 6.05. The average molecular weight is 280 g/mol. The highest BCUT2D eigenvalue weighted by atomic mass is 15.2. The van der Waals surface area contributed by atoms with Gasteiger partial charge in [0.1, 0.15) is 0 Å². The Morgan fingerprint density at radius 3 is 2.00 bits per heavy atom. The molecule has 1 aliphatic heterocycles. The lowest BCUT2D eigenvalue weighted by molar-refractivity contribution is 0.118. The van der Waals surface area contributed by atoms with Crippen molar-refractivity contribution < 1.29 is 0 Å². The molecule has 1 heterocycles. The molecule has 2 heteroatoms. The Morgan fingerprint density at radius 1 is 0.905 bits per heavy atom. The molecular weight excluding hydrogens is 256 g/mol. The van der Waals surface area contributed by atoms with Crippen molar-refractivity contribution in [2.45, 2.75) is 31.3 Å². The number of rotatable bonds is 4. The van der Waals surface area contributed by atoms with Gasteiger partial charge in [0.15, 0.2) is 0 Å². The van der Waals surface area contributed by atoms with Crippen molar-refractivity contribution in [1.29, 1.82) is 0 Å². The summed E-state index contributed by atoms with van der Waals surface area (Å²) in [6, 6.07) is 22.5. The summed E-state index contributed by atoms with van der Waals surface area (Å²) >= 11 is 0. The number of piperidine rings is 1. The fraction of sp³-hybridized carbons (Fsp3) is 0.368. The normalized spacial score (nSPS) is 19.8. The van der Waals surface area contributed by atoms with Crippen LogP contribution in [0.5, 0.6) is 0 Å². The first-order valence-corrected chi connectivity index (χ1v) is 7.96. The van der Waals surface area contributed by atoms with Gasteiger partial charge in [0.25, 0.3) is 0 Å². The zero-order chi connectivity index (χ0) is 14.5. The smallest absolute Gasteiger partial charge is 0.0604 e. The first kappa shape index (κ1) is 14.3. The highest BCUT2D eigenvalue weighted by Crippen LogP contribution is 2.33. The van der Waals surface area contributed by atoms with Crippen LogP contribution in [0.1, 0.15) is 36.4 Å². The lowest BCUT2D eigenvalue weighted by atomic mass is 9.92. The van der Waals surface area contributed by atoms with Crippen molar-refractivity contribution in [3.05, 3.63) is 71.8 Å². The zero-order valence-corrected chi connectivity index (χ0v) is 12.5. The highest BCUT2D eigenvalue weighted by molar-refractivity contribution is 5.32. The molecule has 0 aromatic heterocycles. The Kier molecular flexibility index (Phi) is 4.69. The van der Waals surface area contributed by atoms with Gasteiger partial charge in [-0.3, -0.25) is 4.90 Å². The predicted octanol–water partition coefficient (Wildman–Crippen LogP) is 3.59. The summed E-state index contributed by atoms with van der Waals surface area (Å²) in [6.07, 6.45) is 3.79.